The van der Waals surface area contributed by atoms with Crippen LogP contribution >= 0.6 is 0 Å². The summed E-state index contributed by atoms with van der Waals surface area (Å²) in [4.78, 5) is 19.5. The van der Waals surface area contributed by atoms with Crippen molar-refractivity contribution >= 4 is 15.9 Å². The number of benzene rings is 1. The highest BCUT2D eigenvalue weighted by Gasteiger charge is 2.35. The molecule has 0 atom stereocenters. The standard InChI is InChI=1S/C20H26N4O3S/c1-15(2)9-12-23-13-17-19(20(25)22-10-5-6-11-22)21-14-24(17)16-7-3-4-8-18(16)28(23,26)27/h3-4,7-8,14-15H,5-6,9-13H2,1-2H3. The van der Waals surface area contributed by atoms with E-state index in [0.29, 0.717) is 29.5 Å². The quantitative estimate of drug-likeness (QED) is 0.788. The van der Waals surface area contributed by atoms with Gasteiger partial charge >= 0.3 is 0 Å². The van der Waals surface area contributed by atoms with Crippen LogP contribution in [0.15, 0.2) is 35.5 Å². The van der Waals surface area contributed by atoms with Gasteiger partial charge in [-0.3, -0.25) is 9.36 Å². The van der Waals surface area contributed by atoms with Gasteiger partial charge in [0.1, 0.15) is 11.2 Å². The summed E-state index contributed by atoms with van der Waals surface area (Å²) in [7, 11) is -3.65. The van der Waals surface area contributed by atoms with Gasteiger partial charge in [-0.05, 0) is 37.3 Å². The van der Waals surface area contributed by atoms with Gasteiger partial charge in [-0.2, -0.15) is 4.31 Å². The second kappa shape index (κ2) is 7.33. The molecule has 150 valence electrons. The Balaban J connectivity index is 1.82. The molecule has 4 rings (SSSR count). The van der Waals surface area contributed by atoms with Gasteiger partial charge in [-0.15, -0.1) is 0 Å². The number of hydrogen-bond acceptors (Lipinski definition) is 4. The maximum absolute atomic E-state index is 13.3. The van der Waals surface area contributed by atoms with Crippen LogP contribution in [0.5, 0.6) is 0 Å². The minimum Gasteiger partial charge on any atom is -0.337 e. The number of imidazole rings is 1. The van der Waals surface area contributed by atoms with Gasteiger partial charge in [0.15, 0.2) is 5.69 Å². The Morgan fingerprint density at radius 2 is 1.89 bits per heavy atom. The molecule has 0 bridgehead atoms. The monoisotopic (exact) mass is 402 g/mol. The molecule has 0 unspecified atom stereocenters. The number of fused-ring (bicyclic) bond motifs is 3. The number of para-hydroxylation sites is 1. The molecule has 2 aliphatic heterocycles. The molecule has 1 fully saturated rings. The molecule has 28 heavy (non-hydrogen) atoms. The third-order valence-electron chi connectivity index (χ3n) is 5.49. The Morgan fingerprint density at radius 3 is 2.61 bits per heavy atom. The zero-order valence-electron chi connectivity index (χ0n) is 16.3. The lowest BCUT2D eigenvalue weighted by Gasteiger charge is -2.22. The van der Waals surface area contributed by atoms with Crippen LogP contribution < -0.4 is 0 Å². The highest BCUT2D eigenvalue weighted by molar-refractivity contribution is 7.89. The summed E-state index contributed by atoms with van der Waals surface area (Å²) in [6.07, 6.45) is 4.34. The van der Waals surface area contributed by atoms with Crippen LogP contribution in [0, 0.1) is 5.92 Å². The van der Waals surface area contributed by atoms with Crippen molar-refractivity contribution in [3.05, 3.63) is 42.0 Å². The van der Waals surface area contributed by atoms with Gasteiger partial charge < -0.3 is 4.90 Å². The van der Waals surface area contributed by atoms with E-state index in [2.05, 4.69) is 18.8 Å². The van der Waals surface area contributed by atoms with Crippen LogP contribution in [0.25, 0.3) is 5.69 Å². The smallest absolute Gasteiger partial charge is 0.274 e. The fourth-order valence-electron chi connectivity index (χ4n) is 3.85. The van der Waals surface area contributed by atoms with Crippen molar-refractivity contribution in [3.63, 3.8) is 0 Å². The summed E-state index contributed by atoms with van der Waals surface area (Å²) < 4.78 is 29.9. The predicted molar refractivity (Wildman–Crippen MR) is 106 cm³/mol. The van der Waals surface area contributed by atoms with Gasteiger partial charge in [0.2, 0.25) is 10.0 Å². The molecule has 1 saturated heterocycles. The normalized spacial score (nSPS) is 18.8. The van der Waals surface area contributed by atoms with E-state index >= 15 is 0 Å². The van der Waals surface area contributed by atoms with Crippen LogP contribution in [-0.4, -0.2) is 52.7 Å². The zero-order valence-corrected chi connectivity index (χ0v) is 17.2. The molecule has 0 spiro atoms. The van der Waals surface area contributed by atoms with Gasteiger partial charge in [-0.25, -0.2) is 13.4 Å². The lowest BCUT2D eigenvalue weighted by atomic mass is 10.1. The molecule has 1 aromatic heterocycles. The van der Waals surface area contributed by atoms with Gasteiger partial charge in [-0.1, -0.05) is 26.0 Å². The minimum atomic E-state index is -3.65. The van der Waals surface area contributed by atoms with E-state index in [4.69, 9.17) is 0 Å². The van der Waals surface area contributed by atoms with Gasteiger partial charge in [0.05, 0.1) is 17.9 Å². The Bertz CT molecular complexity index is 991. The highest BCUT2D eigenvalue weighted by Crippen LogP contribution is 2.32. The van der Waals surface area contributed by atoms with E-state index in [0.717, 1.165) is 32.4 Å². The number of sulfonamides is 1. The lowest BCUT2D eigenvalue weighted by Crippen LogP contribution is -2.33. The Morgan fingerprint density at radius 1 is 1.18 bits per heavy atom. The summed E-state index contributed by atoms with van der Waals surface area (Å²) in [5.74, 6) is 0.274. The first kappa shape index (κ1) is 19.1. The molecular weight excluding hydrogens is 376 g/mol. The van der Waals surface area contributed by atoms with Crippen molar-refractivity contribution in [3.8, 4) is 5.69 Å². The molecule has 2 aromatic rings. The predicted octanol–water partition coefficient (Wildman–Crippen LogP) is 2.66. The summed E-state index contributed by atoms with van der Waals surface area (Å²) >= 11 is 0. The topological polar surface area (TPSA) is 75.5 Å². The van der Waals surface area contributed by atoms with Crippen molar-refractivity contribution < 1.29 is 13.2 Å². The van der Waals surface area contributed by atoms with Crippen molar-refractivity contribution in [1.82, 2.24) is 18.8 Å². The summed E-state index contributed by atoms with van der Waals surface area (Å²) in [6.45, 7) is 6.18. The molecule has 1 aromatic carbocycles. The number of rotatable bonds is 4. The summed E-state index contributed by atoms with van der Waals surface area (Å²) in [5, 5.41) is 0. The van der Waals surface area contributed by atoms with E-state index in [1.54, 1.807) is 29.1 Å². The molecule has 2 aliphatic rings. The number of carbonyl (C=O) groups is 1. The molecule has 8 heteroatoms. The maximum atomic E-state index is 13.3. The number of hydrogen-bond donors (Lipinski definition) is 0. The highest BCUT2D eigenvalue weighted by atomic mass is 32.2. The number of nitrogens with zero attached hydrogens (tertiary/aromatic N) is 4. The van der Waals surface area contributed by atoms with Crippen LogP contribution in [-0.2, 0) is 16.6 Å². The maximum Gasteiger partial charge on any atom is 0.274 e. The van der Waals surface area contributed by atoms with Crippen molar-refractivity contribution in [2.45, 2.75) is 44.6 Å². The molecule has 0 radical (unpaired) electrons. The Kier molecular flexibility index (Phi) is 5.01. The van der Waals surface area contributed by atoms with E-state index in [1.807, 2.05) is 11.0 Å². The Hall–Kier alpha value is -2.19. The summed E-state index contributed by atoms with van der Waals surface area (Å²) in [5.41, 5.74) is 1.56. The number of carbonyl (C=O) groups excluding carboxylic acids is 1. The largest absolute Gasteiger partial charge is 0.337 e. The first-order chi connectivity index (χ1) is 13.4. The average Bonchev–Trinajstić information content (AvgIpc) is 3.32. The molecule has 0 saturated carbocycles. The molecule has 7 nitrogen and oxygen atoms in total. The molecular formula is C20H26N4O3S. The third-order valence-corrected chi connectivity index (χ3v) is 7.38. The number of amides is 1. The number of likely N-dealkylation sites (tertiary alicyclic amines) is 1. The lowest BCUT2D eigenvalue weighted by molar-refractivity contribution is 0.0785. The van der Waals surface area contributed by atoms with Crippen molar-refractivity contribution in [1.29, 1.82) is 0 Å². The van der Waals surface area contributed by atoms with Crippen molar-refractivity contribution in [2.24, 2.45) is 5.92 Å². The average molecular weight is 403 g/mol. The first-order valence-corrected chi connectivity index (χ1v) is 11.3. The van der Waals surface area contributed by atoms with E-state index < -0.39 is 10.0 Å². The first-order valence-electron chi connectivity index (χ1n) is 9.84. The molecule has 1 amide bonds. The third kappa shape index (κ3) is 3.24. The minimum absolute atomic E-state index is 0.105. The fraction of sp³-hybridized carbons (Fsp3) is 0.500. The van der Waals surface area contributed by atoms with Crippen LogP contribution in [0.1, 0.15) is 49.3 Å². The van der Waals surface area contributed by atoms with Crippen molar-refractivity contribution in [2.75, 3.05) is 19.6 Å². The molecule has 0 N–H and O–H groups in total. The second-order valence-electron chi connectivity index (χ2n) is 7.90. The SMILES string of the molecule is CC(C)CCN1Cc2c(C(=O)N3CCCC3)ncn2-c2ccccc2S1(=O)=O. The number of aromatic nitrogens is 2. The van der Waals surface area contributed by atoms with Crippen LogP contribution in [0.3, 0.4) is 0 Å². The van der Waals surface area contributed by atoms with Crippen LogP contribution in [0.4, 0.5) is 0 Å². The molecule has 0 aliphatic carbocycles. The summed E-state index contributed by atoms with van der Waals surface area (Å²) in [6, 6.07) is 6.94. The van der Waals surface area contributed by atoms with E-state index in [1.165, 1.54) is 4.31 Å². The van der Waals surface area contributed by atoms with Gasteiger partial charge in [0.25, 0.3) is 5.91 Å². The zero-order chi connectivity index (χ0) is 19.9. The fourth-order valence-corrected chi connectivity index (χ4v) is 5.45. The molecule has 3 heterocycles. The second-order valence-corrected chi connectivity index (χ2v) is 9.80. The van der Waals surface area contributed by atoms with E-state index in [9.17, 15) is 13.2 Å². The van der Waals surface area contributed by atoms with Crippen LogP contribution in [0.2, 0.25) is 0 Å². The van der Waals surface area contributed by atoms with E-state index in [-0.39, 0.29) is 17.3 Å². The van der Waals surface area contributed by atoms with Gasteiger partial charge in [0, 0.05) is 19.6 Å². The Labute approximate surface area is 166 Å².